The fraction of sp³-hybridized carbons (Fsp3) is 0.667. The van der Waals surface area contributed by atoms with Crippen LogP contribution in [-0.4, -0.2) is 18.9 Å². The molecule has 1 aromatic rings. The second-order valence-electron chi connectivity index (χ2n) is 4.31. The second kappa shape index (κ2) is 4.25. The zero-order valence-corrected chi connectivity index (χ0v) is 11.3. The number of thiazole rings is 1. The van der Waals surface area contributed by atoms with Gasteiger partial charge < -0.3 is 0 Å². The van der Waals surface area contributed by atoms with Crippen LogP contribution in [0.1, 0.15) is 32.6 Å². The van der Waals surface area contributed by atoms with Gasteiger partial charge in [-0.2, -0.15) is 0 Å². The summed E-state index contributed by atoms with van der Waals surface area (Å²) in [6.45, 7) is 1.94. The van der Waals surface area contributed by atoms with E-state index in [9.17, 15) is 8.42 Å². The first-order valence-corrected chi connectivity index (χ1v) is 7.74. The molecule has 0 bridgehead atoms. The molecule has 0 aliphatic heterocycles. The minimum absolute atomic E-state index is 0.186. The van der Waals surface area contributed by atoms with Crippen molar-refractivity contribution < 1.29 is 8.42 Å². The van der Waals surface area contributed by atoms with E-state index in [1.807, 2.05) is 6.92 Å². The van der Waals surface area contributed by atoms with Gasteiger partial charge in [-0.05, 0) is 19.8 Å². The lowest BCUT2D eigenvalue weighted by atomic mass is 10.0. The molecular weight excluding hydrogens is 268 g/mol. The molecule has 0 unspecified atom stereocenters. The summed E-state index contributed by atoms with van der Waals surface area (Å²) in [7, 11) is -3.46. The molecule has 0 aromatic carbocycles. The third kappa shape index (κ3) is 2.56. The van der Waals surface area contributed by atoms with Crippen LogP contribution in [0, 0.1) is 0 Å². The first-order valence-electron chi connectivity index (χ1n) is 5.07. The van der Waals surface area contributed by atoms with Crippen molar-refractivity contribution in [3.05, 3.63) is 10.7 Å². The summed E-state index contributed by atoms with van der Waals surface area (Å²) in [6.07, 6.45) is 5.22. The van der Waals surface area contributed by atoms with Crippen molar-refractivity contribution in [2.75, 3.05) is 0 Å². The molecule has 0 spiro atoms. The van der Waals surface area contributed by atoms with Gasteiger partial charge in [0.25, 0.3) is 10.0 Å². The third-order valence-electron chi connectivity index (χ3n) is 2.81. The van der Waals surface area contributed by atoms with Crippen LogP contribution in [0.15, 0.2) is 10.4 Å². The fourth-order valence-electron chi connectivity index (χ4n) is 2.00. The van der Waals surface area contributed by atoms with Crippen LogP contribution >= 0.6 is 22.9 Å². The molecule has 1 aliphatic carbocycles. The van der Waals surface area contributed by atoms with Crippen LogP contribution in [0.25, 0.3) is 0 Å². The number of halogens is 1. The Balaban J connectivity index is 2.20. The molecule has 0 saturated heterocycles. The average Bonchev–Trinajstić information content (AvgIpc) is 2.74. The van der Waals surface area contributed by atoms with Gasteiger partial charge >= 0.3 is 0 Å². The summed E-state index contributed by atoms with van der Waals surface area (Å²) in [5.74, 6) is 0. The van der Waals surface area contributed by atoms with Crippen LogP contribution in [0.4, 0.5) is 0 Å². The highest BCUT2D eigenvalue weighted by Gasteiger charge is 2.34. The van der Waals surface area contributed by atoms with Crippen molar-refractivity contribution in [1.82, 2.24) is 9.71 Å². The lowest BCUT2D eigenvalue weighted by molar-refractivity contribution is 0.428. The number of nitrogens with zero attached hydrogens (tertiary/aromatic N) is 1. The molecule has 0 radical (unpaired) electrons. The van der Waals surface area contributed by atoms with Crippen LogP contribution in [0.2, 0.25) is 4.47 Å². The van der Waals surface area contributed by atoms with Gasteiger partial charge in [0.2, 0.25) is 0 Å². The largest absolute Gasteiger partial charge is 0.252 e. The predicted octanol–water partition coefficient (Wildman–Crippen LogP) is 2.41. The lowest BCUT2D eigenvalue weighted by Crippen LogP contribution is -2.43. The topological polar surface area (TPSA) is 59.1 Å². The number of aromatic nitrogens is 1. The van der Waals surface area contributed by atoms with Crippen molar-refractivity contribution in [2.45, 2.75) is 42.4 Å². The summed E-state index contributed by atoms with van der Waals surface area (Å²) >= 11 is 6.61. The standard InChI is InChI=1S/C9H13ClN2O2S2/c1-9(4-2-3-5-9)12-16(13,14)7-6-11-8(10)15-7/h6,12H,2-5H2,1H3. The summed E-state index contributed by atoms with van der Waals surface area (Å²) in [5, 5.41) is 0. The molecule has 90 valence electrons. The van der Waals surface area contributed by atoms with E-state index in [1.165, 1.54) is 6.20 Å². The maximum absolute atomic E-state index is 12.0. The minimum atomic E-state index is -3.46. The first-order chi connectivity index (χ1) is 7.41. The van der Waals surface area contributed by atoms with E-state index < -0.39 is 10.0 Å². The number of nitrogens with one attached hydrogen (secondary N) is 1. The van der Waals surface area contributed by atoms with E-state index in [4.69, 9.17) is 11.6 Å². The Kier molecular flexibility index (Phi) is 3.27. The molecule has 0 amide bonds. The smallest absolute Gasteiger partial charge is 0.232 e. The van der Waals surface area contributed by atoms with Crippen LogP contribution in [0.5, 0.6) is 0 Å². The highest BCUT2D eigenvalue weighted by atomic mass is 35.5. The van der Waals surface area contributed by atoms with Gasteiger partial charge in [0.1, 0.15) is 0 Å². The summed E-state index contributed by atoms with van der Waals surface area (Å²) < 4.78 is 27.2. The van der Waals surface area contributed by atoms with Gasteiger partial charge in [-0.25, -0.2) is 18.1 Å². The summed E-state index contributed by atoms with van der Waals surface area (Å²) in [4.78, 5) is 3.74. The van der Waals surface area contributed by atoms with Crippen LogP contribution in [-0.2, 0) is 10.0 Å². The van der Waals surface area contributed by atoms with Gasteiger partial charge in [0.05, 0.1) is 6.20 Å². The molecule has 1 N–H and O–H groups in total. The van der Waals surface area contributed by atoms with Gasteiger partial charge in [0, 0.05) is 5.54 Å². The van der Waals surface area contributed by atoms with Crippen LogP contribution < -0.4 is 4.72 Å². The number of rotatable bonds is 3. The molecule has 1 aliphatic rings. The molecule has 1 aromatic heterocycles. The Morgan fingerprint density at radius 1 is 1.50 bits per heavy atom. The molecule has 2 rings (SSSR count). The predicted molar refractivity (Wildman–Crippen MR) is 64.3 cm³/mol. The highest BCUT2D eigenvalue weighted by Crippen LogP contribution is 2.31. The Morgan fingerprint density at radius 2 is 2.12 bits per heavy atom. The second-order valence-corrected chi connectivity index (χ2v) is 7.83. The third-order valence-corrected chi connectivity index (χ3v) is 6.02. The first kappa shape index (κ1) is 12.3. The van der Waals surface area contributed by atoms with Gasteiger partial charge in [0.15, 0.2) is 8.68 Å². The van der Waals surface area contributed by atoms with Crippen molar-refractivity contribution in [3.8, 4) is 0 Å². The van der Waals surface area contributed by atoms with Crippen molar-refractivity contribution in [3.63, 3.8) is 0 Å². The molecule has 1 saturated carbocycles. The molecule has 4 nitrogen and oxygen atoms in total. The molecular formula is C9H13ClN2O2S2. The monoisotopic (exact) mass is 280 g/mol. The fourth-order valence-corrected chi connectivity index (χ4v) is 4.75. The van der Waals surface area contributed by atoms with E-state index in [2.05, 4.69) is 9.71 Å². The molecule has 0 atom stereocenters. The highest BCUT2D eigenvalue weighted by molar-refractivity contribution is 7.91. The van der Waals surface area contributed by atoms with E-state index in [1.54, 1.807) is 0 Å². The summed E-state index contributed by atoms with van der Waals surface area (Å²) in [5.41, 5.74) is -0.310. The zero-order chi connectivity index (χ0) is 11.8. The van der Waals surface area contributed by atoms with Gasteiger partial charge in [-0.3, -0.25) is 0 Å². The van der Waals surface area contributed by atoms with Crippen molar-refractivity contribution in [2.24, 2.45) is 0 Å². The van der Waals surface area contributed by atoms with E-state index in [0.29, 0.717) is 0 Å². The Bertz CT molecular complexity index is 477. The van der Waals surface area contributed by atoms with E-state index in [0.717, 1.165) is 37.0 Å². The lowest BCUT2D eigenvalue weighted by Gasteiger charge is -2.24. The maximum atomic E-state index is 12.0. The van der Waals surface area contributed by atoms with Gasteiger partial charge in [-0.15, -0.1) is 0 Å². The van der Waals surface area contributed by atoms with Crippen molar-refractivity contribution >= 4 is 33.0 Å². The average molecular weight is 281 g/mol. The van der Waals surface area contributed by atoms with E-state index >= 15 is 0 Å². The zero-order valence-electron chi connectivity index (χ0n) is 8.86. The summed E-state index contributed by atoms with van der Waals surface area (Å²) in [6, 6.07) is 0. The minimum Gasteiger partial charge on any atom is -0.232 e. The number of sulfonamides is 1. The number of hydrogen-bond acceptors (Lipinski definition) is 4. The van der Waals surface area contributed by atoms with Crippen LogP contribution in [0.3, 0.4) is 0 Å². The molecule has 7 heteroatoms. The van der Waals surface area contributed by atoms with E-state index in [-0.39, 0.29) is 14.2 Å². The Morgan fingerprint density at radius 3 is 2.62 bits per heavy atom. The molecule has 1 fully saturated rings. The Hall–Kier alpha value is -0.170. The normalized spacial score (nSPS) is 20.1. The number of hydrogen-bond donors (Lipinski definition) is 1. The van der Waals surface area contributed by atoms with Gasteiger partial charge in [-0.1, -0.05) is 35.8 Å². The Labute approximate surface area is 104 Å². The van der Waals surface area contributed by atoms with Crippen molar-refractivity contribution in [1.29, 1.82) is 0 Å². The SMILES string of the molecule is CC1(NS(=O)(=O)c2cnc(Cl)s2)CCCC1. The molecule has 16 heavy (non-hydrogen) atoms. The maximum Gasteiger partial charge on any atom is 0.252 e. The molecule has 1 heterocycles. The quantitative estimate of drug-likeness (QED) is 0.925.